The predicted molar refractivity (Wildman–Crippen MR) is 77.3 cm³/mol. The monoisotopic (exact) mass is 383 g/mol. The molecule has 1 rings (SSSR count). The van der Waals surface area contributed by atoms with Crippen LogP contribution in [0.15, 0.2) is 21.5 Å². The number of nitrogens with one attached hydrogen (secondary N) is 1. The van der Waals surface area contributed by atoms with E-state index in [-0.39, 0.29) is 16.9 Å². The Hall–Kier alpha value is -1.03. The molecule has 6 nitrogen and oxygen atoms in total. The fraction of sp³-hybridized carbons (Fsp3) is 0.417. The minimum Gasteiger partial charge on any atom is -0.478 e. The normalized spacial score (nSPS) is 13.1. The van der Waals surface area contributed by atoms with E-state index >= 15 is 0 Å². The number of hydrogen-bond acceptors (Lipinski definition) is 4. The standard InChI is InChI=1S/C12H15BrFNO5S/c1-7(6-20-2)5-15-21(18,19)10-4-8(13)3-9(11(10)14)12(16)17/h3-4,7,15H,5-6H2,1-2H3,(H,16,17). The van der Waals surface area contributed by atoms with E-state index in [4.69, 9.17) is 9.84 Å². The lowest BCUT2D eigenvalue weighted by Gasteiger charge is -2.13. The van der Waals surface area contributed by atoms with E-state index in [1.54, 1.807) is 6.92 Å². The Bertz CT molecular complexity index is 635. The molecule has 1 unspecified atom stereocenters. The number of rotatable bonds is 7. The van der Waals surface area contributed by atoms with Gasteiger partial charge in [0.1, 0.15) is 4.90 Å². The number of carbonyl (C=O) groups is 1. The van der Waals surface area contributed by atoms with Gasteiger partial charge in [0.2, 0.25) is 10.0 Å². The van der Waals surface area contributed by atoms with Crippen LogP contribution in [0.3, 0.4) is 0 Å². The molecule has 0 bridgehead atoms. The van der Waals surface area contributed by atoms with Gasteiger partial charge in [-0.2, -0.15) is 0 Å². The average Bonchev–Trinajstić information content (AvgIpc) is 2.39. The maximum atomic E-state index is 14.0. The Kier molecular flexibility index (Phi) is 6.26. The number of carboxylic acid groups (broad SMARTS) is 1. The number of ether oxygens (including phenoxy) is 1. The summed E-state index contributed by atoms with van der Waals surface area (Å²) in [6.45, 7) is 2.14. The lowest BCUT2D eigenvalue weighted by Crippen LogP contribution is -2.31. The summed E-state index contributed by atoms with van der Waals surface area (Å²) in [5, 5.41) is 8.88. The molecular weight excluding hydrogens is 369 g/mol. The molecule has 0 aliphatic rings. The Morgan fingerprint density at radius 1 is 1.52 bits per heavy atom. The maximum absolute atomic E-state index is 14.0. The molecule has 0 saturated carbocycles. The zero-order valence-corrected chi connectivity index (χ0v) is 13.8. The molecule has 1 aromatic rings. The Morgan fingerprint density at radius 3 is 2.67 bits per heavy atom. The molecule has 1 aromatic carbocycles. The van der Waals surface area contributed by atoms with Crippen LogP contribution >= 0.6 is 15.9 Å². The van der Waals surface area contributed by atoms with Crippen molar-refractivity contribution in [1.82, 2.24) is 4.72 Å². The molecule has 0 radical (unpaired) electrons. The van der Waals surface area contributed by atoms with Gasteiger partial charge in [-0.15, -0.1) is 0 Å². The van der Waals surface area contributed by atoms with Crippen molar-refractivity contribution in [3.8, 4) is 0 Å². The van der Waals surface area contributed by atoms with Crippen LogP contribution in [0.1, 0.15) is 17.3 Å². The highest BCUT2D eigenvalue weighted by atomic mass is 79.9. The molecule has 9 heteroatoms. The van der Waals surface area contributed by atoms with Crippen LogP contribution in [0.4, 0.5) is 4.39 Å². The summed E-state index contributed by atoms with van der Waals surface area (Å²) in [7, 11) is -2.67. The van der Waals surface area contributed by atoms with Gasteiger partial charge in [0.25, 0.3) is 0 Å². The summed E-state index contributed by atoms with van der Waals surface area (Å²) in [6, 6.07) is 2.02. The van der Waals surface area contributed by atoms with Crippen LogP contribution in [0.25, 0.3) is 0 Å². The highest BCUT2D eigenvalue weighted by Gasteiger charge is 2.25. The topological polar surface area (TPSA) is 92.7 Å². The van der Waals surface area contributed by atoms with E-state index in [0.717, 1.165) is 12.1 Å². The van der Waals surface area contributed by atoms with Gasteiger partial charge in [0.15, 0.2) is 5.82 Å². The molecule has 0 fully saturated rings. The summed E-state index contributed by atoms with van der Waals surface area (Å²) in [5.41, 5.74) is -0.713. The van der Waals surface area contributed by atoms with E-state index in [0.29, 0.717) is 6.61 Å². The van der Waals surface area contributed by atoms with Crippen molar-refractivity contribution >= 4 is 31.9 Å². The Balaban J connectivity index is 3.11. The predicted octanol–water partition coefficient (Wildman–Crippen LogP) is 1.85. The molecule has 0 spiro atoms. The van der Waals surface area contributed by atoms with Crippen molar-refractivity contribution in [1.29, 1.82) is 0 Å². The van der Waals surface area contributed by atoms with Crippen LogP contribution in [-0.2, 0) is 14.8 Å². The van der Waals surface area contributed by atoms with Gasteiger partial charge in [-0.05, 0) is 18.1 Å². The van der Waals surface area contributed by atoms with Crippen LogP contribution in [-0.4, -0.2) is 39.8 Å². The molecule has 21 heavy (non-hydrogen) atoms. The Labute approximate surface area is 130 Å². The largest absolute Gasteiger partial charge is 0.478 e. The van der Waals surface area contributed by atoms with E-state index in [2.05, 4.69) is 20.7 Å². The number of sulfonamides is 1. The summed E-state index contributed by atoms with van der Waals surface area (Å²) in [5.74, 6) is -2.95. The van der Waals surface area contributed by atoms with Gasteiger partial charge >= 0.3 is 5.97 Å². The number of benzene rings is 1. The highest BCUT2D eigenvalue weighted by molar-refractivity contribution is 9.10. The van der Waals surface area contributed by atoms with E-state index in [1.165, 1.54) is 7.11 Å². The molecule has 0 amide bonds. The van der Waals surface area contributed by atoms with Gasteiger partial charge < -0.3 is 9.84 Å². The van der Waals surface area contributed by atoms with Gasteiger partial charge in [-0.3, -0.25) is 0 Å². The third kappa shape index (κ3) is 4.73. The minimum absolute atomic E-state index is 0.0462. The van der Waals surface area contributed by atoms with Crippen LogP contribution in [0.5, 0.6) is 0 Å². The van der Waals surface area contributed by atoms with Crippen molar-refractivity contribution in [3.63, 3.8) is 0 Å². The second-order valence-electron chi connectivity index (χ2n) is 4.48. The van der Waals surface area contributed by atoms with E-state index in [1.807, 2.05) is 0 Å². The number of carboxylic acids is 1. The van der Waals surface area contributed by atoms with Gasteiger partial charge in [-0.25, -0.2) is 22.3 Å². The summed E-state index contributed by atoms with van der Waals surface area (Å²) in [6.07, 6.45) is 0. The summed E-state index contributed by atoms with van der Waals surface area (Å²) >= 11 is 2.97. The molecular formula is C12H15BrFNO5S. The molecule has 1 atom stereocenters. The molecule has 0 aliphatic carbocycles. The van der Waals surface area contributed by atoms with Crippen LogP contribution in [0, 0.1) is 11.7 Å². The second-order valence-corrected chi connectivity index (χ2v) is 7.13. The highest BCUT2D eigenvalue weighted by Crippen LogP contribution is 2.24. The molecule has 2 N–H and O–H groups in total. The number of hydrogen-bond donors (Lipinski definition) is 2. The van der Waals surface area contributed by atoms with E-state index in [9.17, 15) is 17.6 Å². The zero-order chi connectivity index (χ0) is 16.2. The van der Waals surface area contributed by atoms with Gasteiger partial charge in [0, 0.05) is 24.7 Å². The van der Waals surface area contributed by atoms with Crippen molar-refractivity contribution in [2.45, 2.75) is 11.8 Å². The third-order valence-corrected chi connectivity index (χ3v) is 4.48. The quantitative estimate of drug-likeness (QED) is 0.749. The van der Waals surface area contributed by atoms with Crippen molar-refractivity contribution < 1.29 is 27.4 Å². The number of methoxy groups -OCH3 is 1. The molecule has 0 aliphatic heterocycles. The zero-order valence-electron chi connectivity index (χ0n) is 11.4. The number of halogens is 2. The third-order valence-electron chi connectivity index (χ3n) is 2.60. The lowest BCUT2D eigenvalue weighted by molar-refractivity contribution is 0.0691. The first-order chi connectivity index (χ1) is 9.69. The fourth-order valence-electron chi connectivity index (χ4n) is 1.59. The smallest absolute Gasteiger partial charge is 0.338 e. The second kappa shape index (κ2) is 7.30. The van der Waals surface area contributed by atoms with Gasteiger partial charge in [0.05, 0.1) is 5.56 Å². The lowest BCUT2D eigenvalue weighted by atomic mass is 10.2. The summed E-state index contributed by atoms with van der Waals surface area (Å²) in [4.78, 5) is 10.2. The maximum Gasteiger partial charge on any atom is 0.338 e. The molecule has 118 valence electrons. The van der Waals surface area contributed by atoms with Gasteiger partial charge in [-0.1, -0.05) is 22.9 Å². The van der Waals surface area contributed by atoms with Crippen molar-refractivity contribution in [2.75, 3.05) is 20.3 Å². The minimum atomic E-state index is -4.16. The first-order valence-corrected chi connectivity index (χ1v) is 8.17. The molecule has 0 aromatic heterocycles. The van der Waals surface area contributed by atoms with Crippen LogP contribution in [0.2, 0.25) is 0 Å². The molecule has 0 saturated heterocycles. The van der Waals surface area contributed by atoms with Crippen LogP contribution < -0.4 is 4.72 Å². The van der Waals surface area contributed by atoms with Crippen molar-refractivity contribution in [2.24, 2.45) is 5.92 Å². The molecule has 0 heterocycles. The Morgan fingerprint density at radius 2 is 2.14 bits per heavy atom. The summed E-state index contributed by atoms with van der Waals surface area (Å²) < 4.78 is 45.5. The van der Waals surface area contributed by atoms with E-state index < -0.39 is 32.3 Å². The average molecular weight is 384 g/mol. The first kappa shape index (κ1) is 18.0. The van der Waals surface area contributed by atoms with Crippen molar-refractivity contribution in [3.05, 3.63) is 28.0 Å². The SMILES string of the molecule is COCC(C)CNS(=O)(=O)c1cc(Br)cc(C(=O)O)c1F. The number of aromatic carboxylic acids is 1. The fourth-order valence-corrected chi connectivity index (χ4v) is 3.49. The first-order valence-electron chi connectivity index (χ1n) is 5.90.